The number of hydrogen-bond acceptors (Lipinski definition) is 2. The summed E-state index contributed by atoms with van der Waals surface area (Å²) in [4.78, 5) is 13.0. The summed E-state index contributed by atoms with van der Waals surface area (Å²) in [5.41, 5.74) is 0.491. The third-order valence-electron chi connectivity index (χ3n) is 3.50. The number of nitrogens with zero attached hydrogens (tertiary/aromatic N) is 1. The summed E-state index contributed by atoms with van der Waals surface area (Å²) in [5.74, 6) is -0.738. The van der Waals surface area contributed by atoms with E-state index in [1.54, 1.807) is 6.07 Å². The zero-order valence-corrected chi connectivity index (χ0v) is 13.4. The molecule has 1 N–H and O–H groups in total. The van der Waals surface area contributed by atoms with Crippen molar-refractivity contribution in [2.45, 2.75) is 40.5 Å². The summed E-state index contributed by atoms with van der Waals surface area (Å²) in [6.07, 6.45) is 2.06. The second-order valence-electron chi connectivity index (χ2n) is 6.32. The normalized spacial score (nSPS) is 11.2. The van der Waals surface area contributed by atoms with Gasteiger partial charge in [-0.1, -0.05) is 27.7 Å². The zero-order valence-electron chi connectivity index (χ0n) is 13.4. The topological polar surface area (TPSA) is 40.5 Å². The molecule has 0 bridgehead atoms. The van der Waals surface area contributed by atoms with E-state index < -0.39 is 11.8 Å². The molecule has 4 heteroatoms. The molecule has 1 aromatic carbocycles. The Labute approximate surface area is 126 Å². The molecule has 118 valence electrons. The molecule has 0 amide bonds. The smallest absolute Gasteiger partial charge is 0.338 e. The number of aromatic carboxylic acids is 1. The van der Waals surface area contributed by atoms with E-state index in [1.165, 1.54) is 12.1 Å². The van der Waals surface area contributed by atoms with Crippen molar-refractivity contribution >= 4 is 11.7 Å². The van der Waals surface area contributed by atoms with Crippen LogP contribution in [0.25, 0.3) is 0 Å². The van der Waals surface area contributed by atoms with Crippen LogP contribution in [-0.2, 0) is 0 Å². The summed E-state index contributed by atoms with van der Waals surface area (Å²) in [6, 6.07) is 4.39. The Kier molecular flexibility index (Phi) is 6.66. The van der Waals surface area contributed by atoms with Gasteiger partial charge in [0.1, 0.15) is 5.82 Å². The van der Waals surface area contributed by atoms with Crippen molar-refractivity contribution in [1.82, 2.24) is 0 Å². The lowest BCUT2D eigenvalue weighted by molar-refractivity contribution is 0.0692. The number of hydrogen-bond donors (Lipinski definition) is 1. The van der Waals surface area contributed by atoms with Crippen molar-refractivity contribution in [3.8, 4) is 0 Å². The van der Waals surface area contributed by atoms with E-state index in [2.05, 4.69) is 32.6 Å². The highest BCUT2D eigenvalue weighted by molar-refractivity contribution is 5.88. The highest BCUT2D eigenvalue weighted by atomic mass is 19.1. The lowest BCUT2D eigenvalue weighted by Crippen LogP contribution is -2.27. The van der Waals surface area contributed by atoms with Gasteiger partial charge in [0.05, 0.1) is 5.56 Å². The van der Waals surface area contributed by atoms with Crippen molar-refractivity contribution in [1.29, 1.82) is 0 Å². The molecule has 1 aromatic rings. The van der Waals surface area contributed by atoms with E-state index in [0.29, 0.717) is 11.8 Å². The van der Waals surface area contributed by atoms with Gasteiger partial charge >= 0.3 is 5.97 Å². The number of carbonyl (C=O) groups is 1. The monoisotopic (exact) mass is 295 g/mol. The van der Waals surface area contributed by atoms with E-state index in [0.717, 1.165) is 31.6 Å². The molecule has 1 rings (SSSR count). The van der Waals surface area contributed by atoms with Gasteiger partial charge in [-0.15, -0.1) is 0 Å². The predicted molar refractivity (Wildman–Crippen MR) is 84.5 cm³/mol. The fraction of sp³-hybridized carbons (Fsp3) is 0.588. The number of halogens is 1. The number of benzene rings is 1. The molecule has 0 aromatic heterocycles. The fourth-order valence-corrected chi connectivity index (χ4v) is 2.07. The summed E-state index contributed by atoms with van der Waals surface area (Å²) in [5, 5.41) is 8.89. The highest BCUT2D eigenvalue weighted by Gasteiger charge is 2.14. The average molecular weight is 295 g/mol. The Bertz CT molecular complexity index is 460. The van der Waals surface area contributed by atoms with Crippen LogP contribution in [0.3, 0.4) is 0 Å². The van der Waals surface area contributed by atoms with Crippen molar-refractivity contribution in [2.24, 2.45) is 11.8 Å². The average Bonchev–Trinajstić information content (AvgIpc) is 2.37. The lowest BCUT2D eigenvalue weighted by Gasteiger charge is -2.27. The van der Waals surface area contributed by atoms with Crippen LogP contribution < -0.4 is 4.90 Å². The van der Waals surface area contributed by atoms with E-state index in [9.17, 15) is 9.18 Å². The van der Waals surface area contributed by atoms with Crippen LogP contribution in [0.4, 0.5) is 10.1 Å². The second-order valence-corrected chi connectivity index (χ2v) is 6.32. The summed E-state index contributed by atoms with van der Waals surface area (Å²) in [7, 11) is 0. The van der Waals surface area contributed by atoms with E-state index in [4.69, 9.17) is 5.11 Å². The molecule has 0 unspecified atom stereocenters. The molecule has 0 fully saturated rings. The molecule has 0 aliphatic carbocycles. The van der Waals surface area contributed by atoms with Gasteiger partial charge in [-0.3, -0.25) is 0 Å². The second kappa shape index (κ2) is 8.01. The van der Waals surface area contributed by atoms with Crippen molar-refractivity contribution in [2.75, 3.05) is 18.0 Å². The minimum atomic E-state index is -1.23. The van der Waals surface area contributed by atoms with Gasteiger partial charge in [0.2, 0.25) is 0 Å². The van der Waals surface area contributed by atoms with Crippen LogP contribution in [0.2, 0.25) is 0 Å². The number of carboxylic acids is 1. The molecule has 0 spiro atoms. The van der Waals surface area contributed by atoms with Gasteiger partial charge in [-0.05, 0) is 42.9 Å². The van der Waals surface area contributed by atoms with E-state index in [-0.39, 0.29) is 5.56 Å². The SMILES string of the molecule is CC(C)CCN(CCC(C)C)c1ccc(C(=O)O)c(F)c1. The molecule has 0 saturated heterocycles. The fourth-order valence-electron chi connectivity index (χ4n) is 2.07. The van der Waals surface area contributed by atoms with Crippen LogP contribution in [-0.4, -0.2) is 24.2 Å². The van der Waals surface area contributed by atoms with Gasteiger partial charge in [0.25, 0.3) is 0 Å². The maximum Gasteiger partial charge on any atom is 0.338 e. The summed E-state index contributed by atoms with van der Waals surface area (Å²) < 4.78 is 13.9. The van der Waals surface area contributed by atoms with Crippen LogP contribution in [0.5, 0.6) is 0 Å². The van der Waals surface area contributed by atoms with Crippen molar-refractivity contribution in [3.63, 3.8) is 0 Å². The Balaban J connectivity index is 2.90. The van der Waals surface area contributed by atoms with Crippen LogP contribution >= 0.6 is 0 Å². The van der Waals surface area contributed by atoms with Gasteiger partial charge < -0.3 is 10.0 Å². The molecule has 0 aliphatic heterocycles. The molecule has 0 heterocycles. The Morgan fingerprint density at radius 3 is 2.05 bits per heavy atom. The largest absolute Gasteiger partial charge is 0.478 e. The van der Waals surface area contributed by atoms with Gasteiger partial charge in [0.15, 0.2) is 0 Å². The minimum absolute atomic E-state index is 0.272. The third kappa shape index (κ3) is 5.74. The molecule has 0 atom stereocenters. The molecule has 0 saturated carbocycles. The Morgan fingerprint density at radius 1 is 1.14 bits per heavy atom. The van der Waals surface area contributed by atoms with Crippen molar-refractivity contribution < 1.29 is 14.3 Å². The predicted octanol–water partition coefficient (Wildman–Crippen LogP) is 4.42. The maximum absolute atomic E-state index is 13.9. The van der Waals surface area contributed by atoms with Crippen LogP contribution in [0, 0.1) is 17.7 Å². The molecular formula is C17H26FNO2. The molecule has 0 radical (unpaired) electrons. The summed E-state index contributed by atoms with van der Waals surface area (Å²) >= 11 is 0. The summed E-state index contributed by atoms with van der Waals surface area (Å²) in [6.45, 7) is 10.4. The standard InChI is InChI=1S/C17H26FNO2/c1-12(2)7-9-19(10-8-13(3)4)14-5-6-15(17(20)21)16(18)11-14/h5-6,11-13H,7-10H2,1-4H3,(H,20,21). The van der Waals surface area contributed by atoms with Crippen molar-refractivity contribution in [3.05, 3.63) is 29.6 Å². The number of rotatable bonds is 8. The zero-order chi connectivity index (χ0) is 16.0. The molecule has 3 nitrogen and oxygen atoms in total. The first-order valence-corrected chi connectivity index (χ1v) is 7.59. The van der Waals surface area contributed by atoms with Crippen LogP contribution in [0.15, 0.2) is 18.2 Å². The Hall–Kier alpha value is -1.58. The number of carboxylic acid groups (broad SMARTS) is 1. The number of anilines is 1. The molecule has 0 aliphatic rings. The Morgan fingerprint density at radius 2 is 1.67 bits per heavy atom. The highest BCUT2D eigenvalue weighted by Crippen LogP contribution is 2.21. The third-order valence-corrected chi connectivity index (χ3v) is 3.50. The van der Waals surface area contributed by atoms with Crippen LogP contribution in [0.1, 0.15) is 50.9 Å². The van der Waals surface area contributed by atoms with Gasteiger partial charge in [0, 0.05) is 18.8 Å². The van der Waals surface area contributed by atoms with E-state index in [1.807, 2.05) is 0 Å². The minimum Gasteiger partial charge on any atom is -0.478 e. The van der Waals surface area contributed by atoms with Gasteiger partial charge in [-0.25, -0.2) is 9.18 Å². The van der Waals surface area contributed by atoms with Gasteiger partial charge in [-0.2, -0.15) is 0 Å². The van der Waals surface area contributed by atoms with E-state index >= 15 is 0 Å². The lowest BCUT2D eigenvalue weighted by atomic mass is 10.1. The first-order valence-electron chi connectivity index (χ1n) is 7.59. The first kappa shape index (κ1) is 17.5. The molecular weight excluding hydrogens is 269 g/mol. The maximum atomic E-state index is 13.9. The molecule has 21 heavy (non-hydrogen) atoms. The first-order chi connectivity index (χ1) is 9.81. The quantitative estimate of drug-likeness (QED) is 0.771.